The molecule has 0 saturated carbocycles. The summed E-state index contributed by atoms with van der Waals surface area (Å²) in [6.07, 6.45) is 5.43. The van der Waals surface area contributed by atoms with E-state index >= 15 is 4.39 Å². The van der Waals surface area contributed by atoms with Crippen LogP contribution in [-0.4, -0.2) is 60.1 Å². The number of aromatic nitrogens is 2. The first-order valence-corrected chi connectivity index (χ1v) is 13.1. The van der Waals surface area contributed by atoms with E-state index in [1.54, 1.807) is 0 Å². The Hall–Kier alpha value is -3.52. The highest BCUT2D eigenvalue weighted by atomic mass is 19.1. The molecular formula is C29H34FN5O2. The van der Waals surface area contributed by atoms with E-state index in [1.807, 2.05) is 24.3 Å². The number of nitrogens with zero attached hydrogens (tertiary/aromatic N) is 3. The maximum absolute atomic E-state index is 16.2. The van der Waals surface area contributed by atoms with Crippen LogP contribution in [0.4, 0.5) is 10.2 Å². The molecule has 1 unspecified atom stereocenters. The summed E-state index contributed by atoms with van der Waals surface area (Å²) in [7, 11) is 2.08. The van der Waals surface area contributed by atoms with Crippen molar-refractivity contribution in [3.8, 4) is 17.1 Å². The monoisotopic (exact) mass is 503 g/mol. The van der Waals surface area contributed by atoms with E-state index < -0.39 is 0 Å². The first-order chi connectivity index (χ1) is 18.0. The van der Waals surface area contributed by atoms with Gasteiger partial charge in [-0.05, 0) is 74.0 Å². The van der Waals surface area contributed by atoms with Crippen molar-refractivity contribution in [2.45, 2.75) is 44.6 Å². The minimum absolute atomic E-state index is 0.147. The van der Waals surface area contributed by atoms with Gasteiger partial charge in [0.05, 0.1) is 0 Å². The van der Waals surface area contributed by atoms with Gasteiger partial charge in [0.2, 0.25) is 5.91 Å². The molecule has 2 aliphatic rings. The summed E-state index contributed by atoms with van der Waals surface area (Å²) in [4.78, 5) is 22.9. The predicted octanol–water partition coefficient (Wildman–Crippen LogP) is 4.67. The first-order valence-electron chi connectivity index (χ1n) is 13.1. The lowest BCUT2D eigenvalue weighted by molar-refractivity contribution is -0.116. The van der Waals surface area contributed by atoms with E-state index in [-0.39, 0.29) is 29.3 Å². The average Bonchev–Trinajstić information content (AvgIpc) is 3.50. The van der Waals surface area contributed by atoms with Crippen molar-refractivity contribution in [2.75, 3.05) is 38.6 Å². The molecule has 2 aromatic carbocycles. The summed E-state index contributed by atoms with van der Waals surface area (Å²) < 4.78 is 22.2. The molecule has 1 saturated heterocycles. The third kappa shape index (κ3) is 5.16. The molecule has 2 atom stereocenters. The summed E-state index contributed by atoms with van der Waals surface area (Å²) in [5.41, 5.74) is 4.22. The van der Waals surface area contributed by atoms with Crippen LogP contribution in [0.5, 0.6) is 6.01 Å². The van der Waals surface area contributed by atoms with Crippen LogP contribution in [0.1, 0.15) is 43.2 Å². The maximum Gasteiger partial charge on any atom is 0.319 e. The Morgan fingerprint density at radius 2 is 2.08 bits per heavy atom. The molecule has 1 aliphatic heterocycles. The fourth-order valence-electron chi connectivity index (χ4n) is 5.46. The summed E-state index contributed by atoms with van der Waals surface area (Å²) in [6.45, 7) is 7.94. The van der Waals surface area contributed by atoms with Crippen molar-refractivity contribution in [1.82, 2.24) is 20.2 Å². The molecule has 1 aliphatic carbocycles. The molecule has 3 aromatic rings. The van der Waals surface area contributed by atoms with Gasteiger partial charge in [-0.3, -0.25) is 4.79 Å². The fraction of sp³-hybridized carbons (Fsp3) is 0.414. The molecule has 2 heterocycles. The fourth-order valence-corrected chi connectivity index (χ4v) is 5.46. The van der Waals surface area contributed by atoms with Gasteiger partial charge >= 0.3 is 6.01 Å². The highest BCUT2D eigenvalue weighted by molar-refractivity contribution is 5.93. The second-order valence-corrected chi connectivity index (χ2v) is 10.0. The van der Waals surface area contributed by atoms with Crippen molar-refractivity contribution in [3.63, 3.8) is 0 Å². The second-order valence-electron chi connectivity index (χ2n) is 10.0. The van der Waals surface area contributed by atoms with Crippen molar-refractivity contribution in [2.24, 2.45) is 0 Å². The van der Waals surface area contributed by atoms with Gasteiger partial charge in [0.15, 0.2) is 5.82 Å². The Morgan fingerprint density at radius 3 is 2.86 bits per heavy atom. The molecule has 0 radical (unpaired) electrons. The Morgan fingerprint density at radius 1 is 1.22 bits per heavy atom. The van der Waals surface area contributed by atoms with Gasteiger partial charge in [-0.2, -0.15) is 9.97 Å². The Labute approximate surface area is 217 Å². The minimum Gasteiger partial charge on any atom is -0.462 e. The maximum atomic E-state index is 16.2. The van der Waals surface area contributed by atoms with Crippen LogP contribution in [0.2, 0.25) is 0 Å². The summed E-state index contributed by atoms with van der Waals surface area (Å²) >= 11 is 0. The number of hydrogen-bond donors (Lipinski definition) is 2. The molecule has 7 nitrogen and oxygen atoms in total. The van der Waals surface area contributed by atoms with Gasteiger partial charge < -0.3 is 20.3 Å². The Kier molecular flexibility index (Phi) is 7.37. The smallest absolute Gasteiger partial charge is 0.319 e. The van der Waals surface area contributed by atoms with Gasteiger partial charge in [0.1, 0.15) is 17.9 Å². The van der Waals surface area contributed by atoms with Gasteiger partial charge in [0, 0.05) is 30.1 Å². The van der Waals surface area contributed by atoms with Crippen molar-refractivity contribution in [1.29, 1.82) is 0 Å². The minimum atomic E-state index is -0.376. The second kappa shape index (κ2) is 10.8. The molecule has 8 heteroatoms. The SMILES string of the molecule is C=CC(=O)NCCNc1nc(OC[C@@H]2CCCN2C)nc2c(F)c(-c3cccc4c3CCC4C)ccc12. The van der Waals surface area contributed by atoms with E-state index in [0.717, 1.165) is 37.8 Å². The zero-order valence-electron chi connectivity index (χ0n) is 21.5. The normalized spacial score (nSPS) is 19.1. The third-order valence-electron chi connectivity index (χ3n) is 7.63. The molecular weight excluding hydrogens is 469 g/mol. The van der Waals surface area contributed by atoms with Gasteiger partial charge in [-0.15, -0.1) is 0 Å². The van der Waals surface area contributed by atoms with Crippen LogP contribution in [0, 0.1) is 5.82 Å². The summed E-state index contributed by atoms with van der Waals surface area (Å²) in [6, 6.07) is 10.3. The average molecular weight is 504 g/mol. The molecule has 0 bridgehead atoms. The van der Waals surface area contributed by atoms with Crippen LogP contribution in [-0.2, 0) is 11.2 Å². The lowest BCUT2D eigenvalue weighted by Gasteiger charge is -2.19. The van der Waals surface area contributed by atoms with Gasteiger partial charge in [-0.25, -0.2) is 4.39 Å². The van der Waals surface area contributed by atoms with Crippen LogP contribution >= 0.6 is 0 Å². The van der Waals surface area contributed by atoms with Crippen LogP contribution in [0.25, 0.3) is 22.0 Å². The van der Waals surface area contributed by atoms with E-state index in [2.05, 4.69) is 52.1 Å². The largest absolute Gasteiger partial charge is 0.462 e. The molecule has 0 spiro atoms. The van der Waals surface area contributed by atoms with Crippen LogP contribution in [0.3, 0.4) is 0 Å². The van der Waals surface area contributed by atoms with Gasteiger partial charge in [0.25, 0.3) is 0 Å². The number of benzene rings is 2. The number of carbonyl (C=O) groups is 1. The zero-order chi connectivity index (χ0) is 25.9. The Balaban J connectivity index is 1.50. The van der Waals surface area contributed by atoms with E-state index in [9.17, 15) is 4.79 Å². The number of rotatable bonds is 9. The molecule has 1 amide bonds. The van der Waals surface area contributed by atoms with Crippen molar-refractivity contribution in [3.05, 3.63) is 59.9 Å². The van der Waals surface area contributed by atoms with Gasteiger partial charge in [-0.1, -0.05) is 37.8 Å². The molecule has 1 fully saturated rings. The number of halogens is 1. The van der Waals surface area contributed by atoms with Crippen LogP contribution in [0.15, 0.2) is 43.0 Å². The Bertz CT molecular complexity index is 1330. The van der Waals surface area contributed by atoms with E-state index in [1.165, 1.54) is 17.2 Å². The topological polar surface area (TPSA) is 79.4 Å². The van der Waals surface area contributed by atoms with E-state index in [4.69, 9.17) is 4.74 Å². The highest BCUT2D eigenvalue weighted by Crippen LogP contribution is 2.40. The molecule has 2 N–H and O–H groups in total. The van der Waals surface area contributed by atoms with E-state index in [0.29, 0.717) is 42.4 Å². The number of ether oxygens (including phenoxy) is 1. The summed E-state index contributed by atoms with van der Waals surface area (Å²) in [5, 5.41) is 6.52. The number of amides is 1. The number of anilines is 1. The molecule has 5 rings (SSSR count). The zero-order valence-corrected chi connectivity index (χ0v) is 21.5. The van der Waals surface area contributed by atoms with Crippen molar-refractivity contribution >= 4 is 22.6 Å². The molecule has 1 aromatic heterocycles. The lowest BCUT2D eigenvalue weighted by Crippen LogP contribution is -2.31. The number of fused-ring (bicyclic) bond motifs is 2. The number of likely N-dealkylation sites (N-methyl/N-ethyl adjacent to an activating group) is 1. The highest BCUT2D eigenvalue weighted by Gasteiger charge is 2.25. The third-order valence-corrected chi connectivity index (χ3v) is 7.63. The number of carbonyl (C=O) groups excluding carboxylic acids is 1. The molecule has 37 heavy (non-hydrogen) atoms. The standard InChI is InChI=1S/C29H34FN5O2/c1-4-25(36)31-14-15-32-28-24-13-12-23(21-9-5-8-20-18(2)10-11-22(20)21)26(30)27(24)33-29(34-28)37-17-19-7-6-16-35(19)3/h4-5,8-9,12-13,18-19H,1,6-7,10-11,14-17H2,2-3H3,(H,31,36)(H,32,33,34)/t18?,19-/m0/s1. The lowest BCUT2D eigenvalue weighted by atomic mass is 9.94. The number of likely N-dealkylation sites (tertiary alicyclic amines) is 1. The van der Waals surface area contributed by atoms with Crippen molar-refractivity contribution < 1.29 is 13.9 Å². The number of hydrogen-bond acceptors (Lipinski definition) is 6. The first kappa shape index (κ1) is 25.1. The summed E-state index contributed by atoms with van der Waals surface area (Å²) in [5.74, 6) is 0.329. The number of nitrogens with one attached hydrogen (secondary N) is 2. The predicted molar refractivity (Wildman–Crippen MR) is 145 cm³/mol. The quantitative estimate of drug-likeness (QED) is 0.326. The van der Waals surface area contributed by atoms with Crippen LogP contribution < -0.4 is 15.4 Å². The molecule has 194 valence electrons.